The van der Waals surface area contributed by atoms with Gasteiger partial charge in [0.2, 0.25) is 0 Å². The summed E-state index contributed by atoms with van der Waals surface area (Å²) in [7, 11) is 0. The maximum Gasteiger partial charge on any atom is 0.287 e. The van der Waals surface area contributed by atoms with Crippen molar-refractivity contribution in [2.75, 3.05) is 23.9 Å². The molecule has 1 aromatic carbocycles. The SMILES string of the molecule is CSCCCNc1cnn(Cc2ccccc2)c(=O)c1Cl. The van der Waals surface area contributed by atoms with E-state index in [-0.39, 0.29) is 10.6 Å². The van der Waals surface area contributed by atoms with E-state index in [1.165, 1.54) is 4.68 Å². The lowest BCUT2D eigenvalue weighted by Gasteiger charge is -2.10. The first kappa shape index (κ1) is 15.9. The Hall–Kier alpha value is -1.46. The molecular formula is C15H18ClN3OS. The fourth-order valence-corrected chi connectivity index (χ4v) is 2.54. The normalized spacial score (nSPS) is 10.6. The van der Waals surface area contributed by atoms with Gasteiger partial charge in [-0.1, -0.05) is 41.9 Å². The van der Waals surface area contributed by atoms with Crippen LogP contribution in [0.1, 0.15) is 12.0 Å². The van der Waals surface area contributed by atoms with Crippen LogP contribution in [0.2, 0.25) is 5.02 Å². The molecule has 0 amide bonds. The maximum absolute atomic E-state index is 12.2. The standard InChI is InChI=1S/C15H18ClN3OS/c1-21-9-5-8-17-13-10-18-19(15(20)14(13)16)11-12-6-3-2-4-7-12/h2-4,6-7,10,17H,5,8-9,11H2,1H3. The molecule has 6 heteroatoms. The second kappa shape index (κ2) is 8.10. The number of hydrogen-bond donors (Lipinski definition) is 1. The third-order valence-electron chi connectivity index (χ3n) is 3.00. The number of thioether (sulfide) groups is 1. The topological polar surface area (TPSA) is 46.9 Å². The summed E-state index contributed by atoms with van der Waals surface area (Å²) >= 11 is 7.93. The van der Waals surface area contributed by atoms with Gasteiger partial charge in [0.05, 0.1) is 18.4 Å². The Kier molecular flexibility index (Phi) is 6.14. The van der Waals surface area contributed by atoms with E-state index in [4.69, 9.17) is 11.6 Å². The largest absolute Gasteiger partial charge is 0.382 e. The van der Waals surface area contributed by atoms with Crippen molar-refractivity contribution in [1.29, 1.82) is 0 Å². The van der Waals surface area contributed by atoms with E-state index in [9.17, 15) is 4.79 Å². The highest BCUT2D eigenvalue weighted by Gasteiger charge is 2.09. The van der Waals surface area contributed by atoms with Crippen LogP contribution < -0.4 is 10.9 Å². The number of rotatable bonds is 7. The fraction of sp³-hybridized carbons (Fsp3) is 0.333. The van der Waals surface area contributed by atoms with Gasteiger partial charge in [0.25, 0.3) is 5.56 Å². The smallest absolute Gasteiger partial charge is 0.287 e. The number of benzene rings is 1. The number of halogens is 1. The minimum atomic E-state index is -0.268. The van der Waals surface area contributed by atoms with E-state index in [1.54, 1.807) is 18.0 Å². The Bertz CT molecular complexity index is 631. The average molecular weight is 324 g/mol. The molecule has 0 unspecified atom stereocenters. The summed E-state index contributed by atoms with van der Waals surface area (Å²) in [6, 6.07) is 9.72. The summed E-state index contributed by atoms with van der Waals surface area (Å²) in [5, 5.41) is 7.54. The molecule has 0 saturated heterocycles. The van der Waals surface area contributed by atoms with Gasteiger partial charge in [0, 0.05) is 6.54 Å². The van der Waals surface area contributed by atoms with Gasteiger partial charge in [0.15, 0.2) is 0 Å². The lowest BCUT2D eigenvalue weighted by molar-refractivity contribution is 0.640. The Labute approximate surface area is 133 Å². The zero-order valence-electron chi connectivity index (χ0n) is 11.9. The van der Waals surface area contributed by atoms with Crippen LogP contribution in [-0.4, -0.2) is 28.3 Å². The minimum absolute atomic E-state index is 0.199. The molecule has 0 fully saturated rings. The molecule has 112 valence electrons. The fourth-order valence-electron chi connectivity index (χ4n) is 1.90. The third-order valence-corrected chi connectivity index (χ3v) is 4.06. The first-order valence-corrected chi connectivity index (χ1v) is 8.52. The van der Waals surface area contributed by atoms with Gasteiger partial charge in [-0.3, -0.25) is 4.79 Å². The van der Waals surface area contributed by atoms with E-state index >= 15 is 0 Å². The van der Waals surface area contributed by atoms with E-state index in [0.717, 1.165) is 24.3 Å². The summed E-state index contributed by atoms with van der Waals surface area (Å²) in [6.07, 6.45) is 4.70. The van der Waals surface area contributed by atoms with E-state index in [0.29, 0.717) is 12.2 Å². The third kappa shape index (κ3) is 4.51. The monoisotopic (exact) mass is 323 g/mol. The van der Waals surface area contributed by atoms with Crippen LogP contribution in [0.25, 0.3) is 0 Å². The number of anilines is 1. The van der Waals surface area contributed by atoms with Crippen molar-refractivity contribution >= 4 is 29.1 Å². The van der Waals surface area contributed by atoms with Crippen molar-refractivity contribution in [2.24, 2.45) is 0 Å². The van der Waals surface area contributed by atoms with Crippen molar-refractivity contribution in [3.05, 3.63) is 57.5 Å². The molecule has 0 aliphatic carbocycles. The van der Waals surface area contributed by atoms with Gasteiger partial charge in [-0.05, 0) is 24.0 Å². The highest BCUT2D eigenvalue weighted by molar-refractivity contribution is 7.98. The summed E-state index contributed by atoms with van der Waals surface area (Å²) in [4.78, 5) is 12.2. The molecule has 1 heterocycles. The summed E-state index contributed by atoms with van der Waals surface area (Å²) in [5.74, 6) is 1.07. The highest BCUT2D eigenvalue weighted by Crippen LogP contribution is 2.15. The number of nitrogens with zero attached hydrogens (tertiary/aromatic N) is 2. The molecule has 0 aliphatic heterocycles. The molecule has 2 aromatic rings. The lowest BCUT2D eigenvalue weighted by atomic mass is 10.2. The lowest BCUT2D eigenvalue weighted by Crippen LogP contribution is -2.25. The molecule has 4 nitrogen and oxygen atoms in total. The number of nitrogens with one attached hydrogen (secondary N) is 1. The van der Waals surface area contributed by atoms with E-state index in [1.807, 2.05) is 30.3 Å². The van der Waals surface area contributed by atoms with Gasteiger partial charge < -0.3 is 5.32 Å². The molecule has 0 bridgehead atoms. The molecule has 1 aromatic heterocycles. The van der Waals surface area contributed by atoms with Crippen molar-refractivity contribution in [3.8, 4) is 0 Å². The zero-order chi connectivity index (χ0) is 15.1. The predicted molar refractivity (Wildman–Crippen MR) is 90.5 cm³/mol. The Morgan fingerprint density at radius 1 is 1.33 bits per heavy atom. The molecule has 0 radical (unpaired) electrons. The molecule has 0 atom stereocenters. The summed E-state index contributed by atoms with van der Waals surface area (Å²) in [6.45, 7) is 1.20. The van der Waals surface area contributed by atoms with Crippen LogP contribution in [0, 0.1) is 0 Å². The van der Waals surface area contributed by atoms with Crippen molar-refractivity contribution in [2.45, 2.75) is 13.0 Å². The molecular weight excluding hydrogens is 306 g/mol. The Balaban J connectivity index is 2.08. The zero-order valence-corrected chi connectivity index (χ0v) is 13.5. The van der Waals surface area contributed by atoms with Crippen LogP contribution in [0.4, 0.5) is 5.69 Å². The molecule has 21 heavy (non-hydrogen) atoms. The van der Waals surface area contributed by atoms with E-state index < -0.39 is 0 Å². The minimum Gasteiger partial charge on any atom is -0.382 e. The van der Waals surface area contributed by atoms with Gasteiger partial charge >= 0.3 is 0 Å². The van der Waals surface area contributed by atoms with Crippen molar-refractivity contribution in [1.82, 2.24) is 9.78 Å². The second-order valence-corrected chi connectivity index (χ2v) is 5.96. The first-order valence-electron chi connectivity index (χ1n) is 6.74. The van der Waals surface area contributed by atoms with Crippen LogP contribution in [0.15, 0.2) is 41.3 Å². The Morgan fingerprint density at radius 3 is 2.81 bits per heavy atom. The second-order valence-electron chi connectivity index (χ2n) is 4.59. The quantitative estimate of drug-likeness (QED) is 0.795. The van der Waals surface area contributed by atoms with Crippen molar-refractivity contribution in [3.63, 3.8) is 0 Å². The van der Waals surface area contributed by atoms with Gasteiger partial charge in [-0.15, -0.1) is 0 Å². The molecule has 1 N–H and O–H groups in total. The van der Waals surface area contributed by atoms with E-state index in [2.05, 4.69) is 16.7 Å². The predicted octanol–water partition coefficient (Wildman–Crippen LogP) is 3.11. The van der Waals surface area contributed by atoms with Gasteiger partial charge in [-0.2, -0.15) is 16.9 Å². The summed E-state index contributed by atoms with van der Waals surface area (Å²) in [5.41, 5.74) is 1.35. The Morgan fingerprint density at radius 2 is 2.10 bits per heavy atom. The van der Waals surface area contributed by atoms with Gasteiger partial charge in [-0.25, -0.2) is 4.68 Å². The highest BCUT2D eigenvalue weighted by atomic mass is 35.5. The van der Waals surface area contributed by atoms with Crippen LogP contribution in [-0.2, 0) is 6.54 Å². The van der Waals surface area contributed by atoms with Crippen LogP contribution >= 0.6 is 23.4 Å². The molecule has 0 spiro atoms. The number of hydrogen-bond acceptors (Lipinski definition) is 4. The van der Waals surface area contributed by atoms with Crippen LogP contribution in [0.3, 0.4) is 0 Å². The average Bonchev–Trinajstić information content (AvgIpc) is 2.51. The molecule has 2 rings (SSSR count). The molecule has 0 aliphatic rings. The van der Waals surface area contributed by atoms with Crippen molar-refractivity contribution < 1.29 is 0 Å². The number of aromatic nitrogens is 2. The summed E-state index contributed by atoms with van der Waals surface area (Å²) < 4.78 is 1.38. The molecule has 0 saturated carbocycles. The first-order chi connectivity index (χ1) is 10.2. The van der Waals surface area contributed by atoms with Crippen LogP contribution in [0.5, 0.6) is 0 Å². The maximum atomic E-state index is 12.2. The van der Waals surface area contributed by atoms with Gasteiger partial charge in [0.1, 0.15) is 5.02 Å².